The van der Waals surface area contributed by atoms with Crippen LogP contribution >= 0.6 is 0 Å². The molecule has 1 aromatic carbocycles. The van der Waals surface area contributed by atoms with E-state index in [-0.39, 0.29) is 42.9 Å². The van der Waals surface area contributed by atoms with Crippen LogP contribution in [-0.4, -0.2) is 53.7 Å². The second-order valence-electron chi connectivity index (χ2n) is 6.69. The molecule has 0 aliphatic carbocycles. The molecule has 2 aliphatic heterocycles. The fourth-order valence-corrected chi connectivity index (χ4v) is 3.65. The predicted molar refractivity (Wildman–Crippen MR) is 91.7 cm³/mol. The van der Waals surface area contributed by atoms with Gasteiger partial charge in [-0.05, 0) is 49.9 Å². The van der Waals surface area contributed by atoms with Gasteiger partial charge in [0.1, 0.15) is 5.82 Å². The molecule has 0 radical (unpaired) electrons. The number of hydrogen-bond acceptors (Lipinski definition) is 3. The molecule has 2 heterocycles. The van der Waals surface area contributed by atoms with E-state index in [1.165, 1.54) is 12.1 Å². The zero-order chi connectivity index (χ0) is 17.8. The number of carbonyl (C=O) groups excluding carboxylic acids is 2. The van der Waals surface area contributed by atoms with Gasteiger partial charge < -0.3 is 20.2 Å². The van der Waals surface area contributed by atoms with Crippen molar-refractivity contribution in [2.24, 2.45) is 0 Å². The summed E-state index contributed by atoms with van der Waals surface area (Å²) < 4.78 is 13.0. The van der Waals surface area contributed by atoms with E-state index in [2.05, 4.69) is 5.32 Å². The zero-order valence-electron chi connectivity index (χ0n) is 14.2. The largest absolute Gasteiger partial charge is 0.396 e. The van der Waals surface area contributed by atoms with Crippen LogP contribution in [0, 0.1) is 5.82 Å². The van der Waals surface area contributed by atoms with Gasteiger partial charge in [-0.25, -0.2) is 9.18 Å². The summed E-state index contributed by atoms with van der Waals surface area (Å²) in [7, 11) is 0. The van der Waals surface area contributed by atoms with E-state index in [1.807, 2.05) is 0 Å². The number of anilines is 1. The van der Waals surface area contributed by atoms with Gasteiger partial charge in [0.25, 0.3) is 0 Å². The Balaban J connectivity index is 1.60. The zero-order valence-corrected chi connectivity index (χ0v) is 14.2. The highest BCUT2D eigenvalue weighted by Crippen LogP contribution is 2.23. The lowest BCUT2D eigenvalue weighted by Gasteiger charge is -2.36. The Labute approximate surface area is 146 Å². The molecule has 0 bridgehead atoms. The quantitative estimate of drug-likeness (QED) is 0.872. The summed E-state index contributed by atoms with van der Waals surface area (Å²) in [5.74, 6) is -0.428. The average Bonchev–Trinajstić information content (AvgIpc) is 2.96. The number of likely N-dealkylation sites (tertiary alicyclic amines) is 1. The number of piperidine rings is 1. The minimum absolute atomic E-state index is 0.0593. The molecule has 2 atom stereocenters. The minimum Gasteiger partial charge on any atom is -0.396 e. The Morgan fingerprint density at radius 2 is 2.04 bits per heavy atom. The lowest BCUT2D eigenvalue weighted by molar-refractivity contribution is -0.117. The third kappa shape index (κ3) is 4.10. The SMILES string of the molecule is O=C1CC(NC(=O)N2CCCCC2CCO)CN1c1ccc(F)cc1. The first-order valence-corrected chi connectivity index (χ1v) is 8.82. The van der Waals surface area contributed by atoms with Crippen LogP contribution in [-0.2, 0) is 4.79 Å². The Morgan fingerprint density at radius 1 is 1.28 bits per heavy atom. The lowest BCUT2D eigenvalue weighted by Crippen LogP contribution is -2.52. The highest BCUT2D eigenvalue weighted by Gasteiger charge is 2.34. The van der Waals surface area contributed by atoms with Gasteiger partial charge in [-0.15, -0.1) is 0 Å². The summed E-state index contributed by atoms with van der Waals surface area (Å²) in [6, 6.07) is 5.41. The van der Waals surface area contributed by atoms with E-state index in [0.29, 0.717) is 25.2 Å². The summed E-state index contributed by atoms with van der Waals surface area (Å²) in [6.07, 6.45) is 3.75. The highest BCUT2D eigenvalue weighted by atomic mass is 19.1. The number of urea groups is 1. The maximum absolute atomic E-state index is 13.0. The molecular formula is C18H24FN3O3. The molecule has 0 spiro atoms. The van der Waals surface area contributed by atoms with E-state index >= 15 is 0 Å². The van der Waals surface area contributed by atoms with Gasteiger partial charge in [0.15, 0.2) is 0 Å². The van der Waals surface area contributed by atoms with Crippen LogP contribution in [0.5, 0.6) is 0 Å². The minimum atomic E-state index is -0.347. The Bertz CT molecular complexity index is 620. The normalized spacial score (nSPS) is 23.8. The van der Waals surface area contributed by atoms with Crippen LogP contribution in [0.15, 0.2) is 24.3 Å². The standard InChI is InChI=1S/C18H24FN3O3/c19-13-4-6-16(7-5-13)22-12-14(11-17(22)24)20-18(25)21-9-2-1-3-15(21)8-10-23/h4-7,14-15,23H,1-3,8-12H2,(H,20,25). The smallest absolute Gasteiger partial charge is 0.317 e. The first-order chi connectivity index (χ1) is 12.1. The lowest BCUT2D eigenvalue weighted by atomic mass is 10.00. The summed E-state index contributed by atoms with van der Waals surface area (Å²) in [6.45, 7) is 1.13. The monoisotopic (exact) mass is 349 g/mol. The number of amides is 3. The first-order valence-electron chi connectivity index (χ1n) is 8.82. The predicted octanol–water partition coefficient (Wildman–Crippen LogP) is 1.88. The molecule has 3 rings (SSSR count). The fraction of sp³-hybridized carbons (Fsp3) is 0.556. The van der Waals surface area contributed by atoms with Crippen molar-refractivity contribution in [3.63, 3.8) is 0 Å². The van der Waals surface area contributed by atoms with E-state index in [9.17, 15) is 19.1 Å². The molecular weight excluding hydrogens is 325 g/mol. The van der Waals surface area contributed by atoms with E-state index in [4.69, 9.17) is 0 Å². The van der Waals surface area contributed by atoms with E-state index < -0.39 is 0 Å². The van der Waals surface area contributed by atoms with Crippen molar-refractivity contribution in [1.82, 2.24) is 10.2 Å². The first kappa shape index (κ1) is 17.7. The number of carbonyl (C=O) groups is 2. The molecule has 1 aromatic rings. The van der Waals surface area contributed by atoms with Crippen molar-refractivity contribution >= 4 is 17.6 Å². The van der Waals surface area contributed by atoms with Crippen LogP contribution < -0.4 is 10.2 Å². The van der Waals surface area contributed by atoms with Gasteiger partial charge in [-0.3, -0.25) is 4.79 Å². The number of rotatable bonds is 4. The molecule has 136 valence electrons. The maximum atomic E-state index is 13.0. The van der Waals surface area contributed by atoms with Crippen LogP contribution in [0.3, 0.4) is 0 Å². The maximum Gasteiger partial charge on any atom is 0.317 e. The van der Waals surface area contributed by atoms with Crippen molar-refractivity contribution in [2.45, 2.75) is 44.2 Å². The number of aliphatic hydroxyl groups excluding tert-OH is 1. The second kappa shape index (κ2) is 7.82. The molecule has 2 fully saturated rings. The molecule has 6 nitrogen and oxygen atoms in total. The van der Waals surface area contributed by atoms with E-state index in [1.54, 1.807) is 21.9 Å². The molecule has 2 aliphatic rings. The Kier molecular flexibility index (Phi) is 5.53. The molecule has 0 aromatic heterocycles. The van der Waals surface area contributed by atoms with Crippen LogP contribution in [0.4, 0.5) is 14.9 Å². The van der Waals surface area contributed by atoms with Crippen molar-refractivity contribution in [1.29, 1.82) is 0 Å². The molecule has 25 heavy (non-hydrogen) atoms. The highest BCUT2D eigenvalue weighted by molar-refractivity contribution is 5.96. The fourth-order valence-electron chi connectivity index (χ4n) is 3.65. The number of halogens is 1. The Morgan fingerprint density at radius 3 is 2.76 bits per heavy atom. The van der Waals surface area contributed by atoms with Crippen LogP contribution in [0.1, 0.15) is 32.1 Å². The second-order valence-corrected chi connectivity index (χ2v) is 6.69. The van der Waals surface area contributed by atoms with Gasteiger partial charge in [0, 0.05) is 37.8 Å². The summed E-state index contributed by atoms with van der Waals surface area (Å²) in [4.78, 5) is 28.2. The molecule has 7 heteroatoms. The van der Waals surface area contributed by atoms with Gasteiger partial charge in [-0.1, -0.05) is 0 Å². The van der Waals surface area contributed by atoms with Gasteiger partial charge in [-0.2, -0.15) is 0 Å². The number of nitrogens with one attached hydrogen (secondary N) is 1. The third-order valence-corrected chi connectivity index (χ3v) is 4.94. The average molecular weight is 349 g/mol. The van der Waals surface area contributed by atoms with Crippen molar-refractivity contribution in [3.8, 4) is 0 Å². The van der Waals surface area contributed by atoms with Crippen molar-refractivity contribution in [3.05, 3.63) is 30.1 Å². The molecule has 2 saturated heterocycles. The number of benzene rings is 1. The topological polar surface area (TPSA) is 72.9 Å². The number of nitrogens with zero attached hydrogens (tertiary/aromatic N) is 2. The molecule has 0 saturated carbocycles. The van der Waals surface area contributed by atoms with Crippen molar-refractivity contribution < 1.29 is 19.1 Å². The third-order valence-electron chi connectivity index (χ3n) is 4.94. The molecule has 2 N–H and O–H groups in total. The number of aliphatic hydroxyl groups is 1. The number of hydrogen-bond donors (Lipinski definition) is 2. The molecule has 3 amide bonds. The van der Waals surface area contributed by atoms with Crippen LogP contribution in [0.2, 0.25) is 0 Å². The molecule has 2 unspecified atom stereocenters. The summed E-state index contributed by atoms with van der Waals surface area (Å²) in [5, 5.41) is 12.1. The Hall–Kier alpha value is -2.15. The summed E-state index contributed by atoms with van der Waals surface area (Å²) >= 11 is 0. The summed E-state index contributed by atoms with van der Waals surface area (Å²) in [5.41, 5.74) is 0.638. The van der Waals surface area contributed by atoms with E-state index in [0.717, 1.165) is 19.3 Å². The van der Waals surface area contributed by atoms with Gasteiger partial charge in [0.05, 0.1) is 6.04 Å². The van der Waals surface area contributed by atoms with Crippen molar-refractivity contribution in [2.75, 3.05) is 24.6 Å². The van der Waals surface area contributed by atoms with Crippen LogP contribution in [0.25, 0.3) is 0 Å². The van der Waals surface area contributed by atoms with Gasteiger partial charge >= 0.3 is 6.03 Å². The van der Waals surface area contributed by atoms with Gasteiger partial charge in [0.2, 0.25) is 5.91 Å².